The molecule has 16 heavy (non-hydrogen) atoms. The highest BCUT2D eigenvalue weighted by molar-refractivity contribution is 7.17. The molecule has 0 aliphatic rings. The number of hydrogen-bond acceptors (Lipinski definition) is 2. The Hall–Kier alpha value is -1.66. The molecule has 2 aromatic rings. The molecule has 0 N–H and O–H groups in total. The zero-order valence-electron chi connectivity index (χ0n) is 8.72. The normalized spacial score (nSPS) is 10.2. The first kappa shape index (κ1) is 10.8. The van der Waals surface area contributed by atoms with E-state index in [0.29, 0.717) is 5.75 Å². The van der Waals surface area contributed by atoms with Gasteiger partial charge >= 0.3 is 8.69 Å². The van der Waals surface area contributed by atoms with Crippen molar-refractivity contribution in [2.75, 3.05) is 0 Å². The summed E-state index contributed by atoms with van der Waals surface area (Å²) in [7, 11) is -0.744. The van der Waals surface area contributed by atoms with Gasteiger partial charge < -0.3 is 0 Å². The fourth-order valence-corrected chi connectivity index (χ4v) is 1.79. The maximum absolute atomic E-state index is 10.3. The van der Waals surface area contributed by atoms with Crippen molar-refractivity contribution >= 4 is 8.69 Å². The van der Waals surface area contributed by atoms with Gasteiger partial charge in [-0.3, -0.25) is 4.52 Å². The summed E-state index contributed by atoms with van der Waals surface area (Å²) in [6, 6.07) is 17.9. The largest absolute Gasteiger partial charge is 0.542 e. The average Bonchev–Trinajstić information content (AvgIpc) is 2.33. The molecule has 0 aliphatic carbocycles. The van der Waals surface area contributed by atoms with Crippen LogP contribution in [-0.4, -0.2) is 0 Å². The third kappa shape index (κ3) is 2.91. The molecule has 0 bridgehead atoms. The molecular weight excluding hydrogens is 219 g/mol. The zero-order valence-corrected chi connectivity index (χ0v) is 9.72. The van der Waals surface area contributed by atoms with Crippen LogP contribution in [0.15, 0.2) is 54.6 Å². The van der Waals surface area contributed by atoms with Gasteiger partial charge in [0.25, 0.3) is 0 Å². The minimum absolute atomic E-state index is 0.644. The molecule has 0 aromatic heterocycles. The second kappa shape index (κ2) is 5.43. The van der Waals surface area contributed by atoms with Gasteiger partial charge in [0.1, 0.15) is 0 Å². The average molecular weight is 231 g/mol. The summed E-state index contributed by atoms with van der Waals surface area (Å²) in [5, 5.41) is 0. The SMILES string of the molecule is O=[PH+]Oc1ccc(Cc2ccccc2)cc1. The van der Waals surface area contributed by atoms with Crippen LogP contribution in [0.3, 0.4) is 0 Å². The Bertz CT molecular complexity index is 451. The fourth-order valence-electron chi connectivity index (χ4n) is 1.56. The molecule has 0 saturated carbocycles. The third-order valence-corrected chi connectivity index (χ3v) is 2.65. The summed E-state index contributed by atoms with van der Waals surface area (Å²) in [5.41, 5.74) is 2.50. The van der Waals surface area contributed by atoms with Crippen molar-refractivity contribution in [3.63, 3.8) is 0 Å². The molecule has 0 heterocycles. The number of rotatable bonds is 4. The van der Waals surface area contributed by atoms with Gasteiger partial charge in [0.2, 0.25) is 0 Å². The first-order valence-electron chi connectivity index (χ1n) is 5.05. The highest BCUT2D eigenvalue weighted by atomic mass is 31.1. The van der Waals surface area contributed by atoms with E-state index >= 15 is 0 Å². The standard InChI is InChI=1S/C13H12O2P/c14-16-15-13-8-6-12(7-9-13)10-11-4-2-1-3-5-11/h1-9,16H,10H2/q+1. The van der Waals surface area contributed by atoms with Crippen molar-refractivity contribution in [2.45, 2.75) is 6.42 Å². The lowest BCUT2D eigenvalue weighted by Crippen LogP contribution is -1.87. The van der Waals surface area contributed by atoms with Gasteiger partial charge in [-0.1, -0.05) is 42.5 Å². The molecule has 0 amide bonds. The van der Waals surface area contributed by atoms with Gasteiger partial charge in [0.15, 0.2) is 5.75 Å². The second-order valence-electron chi connectivity index (χ2n) is 3.49. The van der Waals surface area contributed by atoms with E-state index in [9.17, 15) is 4.57 Å². The molecule has 1 unspecified atom stereocenters. The quantitative estimate of drug-likeness (QED) is 0.751. The molecule has 2 rings (SSSR count). The van der Waals surface area contributed by atoms with Crippen LogP contribution in [0.1, 0.15) is 11.1 Å². The predicted molar refractivity (Wildman–Crippen MR) is 65.3 cm³/mol. The van der Waals surface area contributed by atoms with Crippen molar-refractivity contribution < 1.29 is 9.09 Å². The molecule has 2 aromatic carbocycles. The Morgan fingerprint density at radius 2 is 1.50 bits per heavy atom. The molecule has 0 radical (unpaired) electrons. The first-order chi connectivity index (χ1) is 7.88. The minimum Gasteiger partial charge on any atom is -0.256 e. The lowest BCUT2D eigenvalue weighted by atomic mass is 10.1. The summed E-state index contributed by atoms with van der Waals surface area (Å²) < 4.78 is 15.2. The molecule has 3 heteroatoms. The van der Waals surface area contributed by atoms with Crippen LogP contribution in [0.5, 0.6) is 5.75 Å². The molecule has 80 valence electrons. The Morgan fingerprint density at radius 3 is 2.12 bits per heavy atom. The maximum Gasteiger partial charge on any atom is 0.542 e. The first-order valence-corrected chi connectivity index (χ1v) is 5.87. The number of benzene rings is 2. The zero-order chi connectivity index (χ0) is 11.2. The highest BCUT2D eigenvalue weighted by Crippen LogP contribution is 2.17. The van der Waals surface area contributed by atoms with Crippen molar-refractivity contribution in [1.82, 2.24) is 0 Å². The van der Waals surface area contributed by atoms with Crippen LogP contribution in [0, 0.1) is 0 Å². The van der Waals surface area contributed by atoms with E-state index in [0.717, 1.165) is 6.42 Å². The molecule has 0 fully saturated rings. The third-order valence-electron chi connectivity index (χ3n) is 2.33. The summed E-state index contributed by atoms with van der Waals surface area (Å²) in [6.45, 7) is 0. The molecule has 0 saturated heterocycles. The summed E-state index contributed by atoms with van der Waals surface area (Å²) >= 11 is 0. The lowest BCUT2D eigenvalue weighted by Gasteiger charge is -2.01. The van der Waals surface area contributed by atoms with Gasteiger partial charge in [-0.15, -0.1) is 0 Å². The van der Waals surface area contributed by atoms with Gasteiger partial charge in [-0.2, -0.15) is 0 Å². The van der Waals surface area contributed by atoms with Crippen molar-refractivity contribution in [1.29, 1.82) is 0 Å². The topological polar surface area (TPSA) is 26.3 Å². The predicted octanol–water partition coefficient (Wildman–Crippen LogP) is 3.60. The second-order valence-corrected chi connectivity index (χ2v) is 3.86. The van der Waals surface area contributed by atoms with Crippen molar-refractivity contribution in [3.05, 3.63) is 65.7 Å². The van der Waals surface area contributed by atoms with E-state index in [1.54, 1.807) is 0 Å². The lowest BCUT2D eigenvalue weighted by molar-refractivity contribution is 0.525. The molecule has 2 nitrogen and oxygen atoms in total. The van der Waals surface area contributed by atoms with Crippen LogP contribution in [0.4, 0.5) is 0 Å². The van der Waals surface area contributed by atoms with E-state index in [2.05, 4.69) is 12.1 Å². The summed E-state index contributed by atoms with van der Waals surface area (Å²) in [6.07, 6.45) is 0.904. The summed E-state index contributed by atoms with van der Waals surface area (Å²) in [4.78, 5) is 0. The van der Waals surface area contributed by atoms with Crippen molar-refractivity contribution in [2.24, 2.45) is 0 Å². The van der Waals surface area contributed by atoms with E-state index in [-0.39, 0.29) is 0 Å². The van der Waals surface area contributed by atoms with Crippen LogP contribution in [0.25, 0.3) is 0 Å². The Kier molecular flexibility index (Phi) is 3.68. The summed E-state index contributed by atoms with van der Waals surface area (Å²) in [5.74, 6) is 0.644. The fraction of sp³-hybridized carbons (Fsp3) is 0.0769. The van der Waals surface area contributed by atoms with Gasteiger partial charge in [0.05, 0.1) is 0 Å². The van der Waals surface area contributed by atoms with Gasteiger partial charge in [-0.25, -0.2) is 0 Å². The Morgan fingerprint density at radius 1 is 0.875 bits per heavy atom. The Labute approximate surface area is 96.2 Å². The Balaban J connectivity index is 2.08. The van der Waals surface area contributed by atoms with Crippen LogP contribution in [-0.2, 0) is 11.0 Å². The van der Waals surface area contributed by atoms with E-state index in [4.69, 9.17) is 4.52 Å². The van der Waals surface area contributed by atoms with Crippen LogP contribution < -0.4 is 4.52 Å². The van der Waals surface area contributed by atoms with E-state index in [1.807, 2.05) is 42.5 Å². The van der Waals surface area contributed by atoms with Crippen LogP contribution in [0.2, 0.25) is 0 Å². The smallest absolute Gasteiger partial charge is 0.256 e. The van der Waals surface area contributed by atoms with Gasteiger partial charge in [-0.05, 0) is 34.2 Å². The van der Waals surface area contributed by atoms with Crippen LogP contribution >= 0.6 is 8.69 Å². The maximum atomic E-state index is 10.3. The minimum atomic E-state index is -0.744. The molecule has 1 atom stereocenters. The van der Waals surface area contributed by atoms with E-state index in [1.165, 1.54) is 11.1 Å². The monoisotopic (exact) mass is 231 g/mol. The number of hydrogen-bond donors (Lipinski definition) is 0. The highest BCUT2D eigenvalue weighted by Gasteiger charge is 1.99. The van der Waals surface area contributed by atoms with Crippen molar-refractivity contribution in [3.8, 4) is 5.75 Å². The molecule has 0 spiro atoms. The van der Waals surface area contributed by atoms with E-state index < -0.39 is 8.69 Å². The molecule has 0 aliphatic heterocycles. The van der Waals surface area contributed by atoms with Gasteiger partial charge in [0, 0.05) is 0 Å². The molecular formula is C13H12O2P+.